The smallest absolute Gasteiger partial charge is 0.284 e. The number of halogens is 8. The van der Waals surface area contributed by atoms with Gasteiger partial charge >= 0.3 is 12.3 Å². The van der Waals surface area contributed by atoms with E-state index in [0.29, 0.717) is 0 Å². The van der Waals surface area contributed by atoms with Crippen molar-refractivity contribution in [3.05, 3.63) is 34.6 Å². The first-order valence-corrected chi connectivity index (χ1v) is 4.04. The van der Waals surface area contributed by atoms with Gasteiger partial charge in [-0.15, -0.1) is 13.2 Å². The van der Waals surface area contributed by atoms with Crippen molar-refractivity contribution in [2.45, 2.75) is 6.36 Å². The molecule has 0 aliphatic carbocycles. The molecule has 106 valence electrons. The predicted octanol–water partition coefficient (Wildman–Crippen LogP) is 2.99. The molecular formula is C8F8O3. The van der Waals surface area contributed by atoms with Crippen LogP contribution >= 0.6 is 0 Å². The van der Waals surface area contributed by atoms with E-state index in [1.165, 1.54) is 0 Å². The van der Waals surface area contributed by atoms with Crippen LogP contribution in [0.1, 0.15) is 10.4 Å². The third kappa shape index (κ3) is 3.10. The lowest BCUT2D eigenvalue weighted by Gasteiger charge is -2.08. The molecule has 0 fully saturated rings. The maximum atomic E-state index is 12.9. The van der Waals surface area contributed by atoms with Crippen molar-refractivity contribution < 1.29 is 49.7 Å². The zero-order chi connectivity index (χ0) is 15.0. The summed E-state index contributed by atoms with van der Waals surface area (Å²) in [5, 5.41) is 0. The Balaban J connectivity index is 3.18. The third-order valence-corrected chi connectivity index (χ3v) is 1.63. The minimum Gasteiger partial charge on any atom is -0.284 e. The molecule has 0 aliphatic heterocycles. The molecule has 0 aromatic heterocycles. The first-order valence-electron chi connectivity index (χ1n) is 4.04. The standard InChI is InChI=1S/C8F8O3/c9-2-1(7(17)18-19-8(14,15)16)3(10)5(12)6(13)4(2)11. The molecule has 0 spiro atoms. The van der Waals surface area contributed by atoms with Crippen molar-refractivity contribution in [1.82, 2.24) is 0 Å². The fourth-order valence-electron chi connectivity index (χ4n) is 0.911. The summed E-state index contributed by atoms with van der Waals surface area (Å²) >= 11 is 0. The van der Waals surface area contributed by atoms with Gasteiger partial charge in [-0.1, -0.05) is 4.89 Å². The van der Waals surface area contributed by atoms with E-state index in [2.05, 4.69) is 9.78 Å². The fraction of sp³-hybridized carbons (Fsp3) is 0.125. The second-order valence-electron chi connectivity index (χ2n) is 2.84. The van der Waals surface area contributed by atoms with Crippen molar-refractivity contribution in [3.8, 4) is 0 Å². The first kappa shape index (κ1) is 15.1. The number of carbonyl (C=O) groups excluding carboxylic acids is 1. The van der Waals surface area contributed by atoms with E-state index in [0.717, 1.165) is 0 Å². The SMILES string of the molecule is O=C(OOC(F)(F)F)c1c(F)c(F)c(F)c(F)c1F. The number of alkyl halides is 3. The van der Waals surface area contributed by atoms with Gasteiger partial charge in [-0.3, -0.25) is 4.89 Å². The van der Waals surface area contributed by atoms with Gasteiger partial charge in [0.05, 0.1) is 0 Å². The van der Waals surface area contributed by atoms with E-state index in [1.807, 2.05) is 0 Å². The van der Waals surface area contributed by atoms with Crippen LogP contribution in [0.3, 0.4) is 0 Å². The zero-order valence-electron chi connectivity index (χ0n) is 8.25. The second kappa shape index (κ2) is 4.99. The highest BCUT2D eigenvalue weighted by Crippen LogP contribution is 2.25. The van der Waals surface area contributed by atoms with Crippen molar-refractivity contribution in [3.63, 3.8) is 0 Å². The summed E-state index contributed by atoms with van der Waals surface area (Å²) in [5.41, 5.74) is -2.21. The Morgan fingerprint density at radius 2 is 1.16 bits per heavy atom. The molecule has 0 radical (unpaired) electrons. The highest BCUT2D eigenvalue weighted by molar-refractivity contribution is 5.89. The molecule has 1 rings (SSSR count). The number of hydrogen-bond acceptors (Lipinski definition) is 3. The molecule has 11 heteroatoms. The lowest BCUT2D eigenvalue weighted by Crippen LogP contribution is -2.20. The van der Waals surface area contributed by atoms with E-state index < -0.39 is 47.0 Å². The maximum Gasteiger partial charge on any atom is 0.558 e. The van der Waals surface area contributed by atoms with Gasteiger partial charge in [-0.2, -0.15) is 0 Å². The van der Waals surface area contributed by atoms with Gasteiger partial charge in [0.25, 0.3) is 0 Å². The van der Waals surface area contributed by atoms with E-state index in [9.17, 15) is 39.9 Å². The topological polar surface area (TPSA) is 35.5 Å². The first-order chi connectivity index (χ1) is 8.56. The monoisotopic (exact) mass is 296 g/mol. The van der Waals surface area contributed by atoms with Crippen LogP contribution in [0.4, 0.5) is 35.1 Å². The molecule has 0 saturated carbocycles. The Hall–Kier alpha value is -1.91. The van der Waals surface area contributed by atoms with Crippen molar-refractivity contribution in [2.24, 2.45) is 0 Å². The van der Waals surface area contributed by atoms with Crippen molar-refractivity contribution in [2.75, 3.05) is 0 Å². The van der Waals surface area contributed by atoms with Crippen LogP contribution in [-0.4, -0.2) is 12.3 Å². The van der Waals surface area contributed by atoms with Gasteiger partial charge in [0.1, 0.15) is 5.56 Å². The molecule has 0 bridgehead atoms. The van der Waals surface area contributed by atoms with Gasteiger partial charge in [0, 0.05) is 0 Å². The van der Waals surface area contributed by atoms with Crippen LogP contribution in [-0.2, 0) is 9.78 Å². The van der Waals surface area contributed by atoms with E-state index >= 15 is 0 Å². The van der Waals surface area contributed by atoms with Gasteiger partial charge in [-0.05, 0) is 0 Å². The Bertz CT molecular complexity index is 495. The molecule has 0 amide bonds. The Morgan fingerprint density at radius 1 is 0.789 bits per heavy atom. The molecule has 1 aromatic rings. The van der Waals surface area contributed by atoms with Gasteiger partial charge in [-0.25, -0.2) is 26.7 Å². The minimum absolute atomic E-state index is 2.21. The average molecular weight is 296 g/mol. The normalized spacial score (nSPS) is 11.6. The van der Waals surface area contributed by atoms with E-state index in [-0.39, 0.29) is 0 Å². The summed E-state index contributed by atoms with van der Waals surface area (Å²) in [6.07, 6.45) is -5.51. The van der Waals surface area contributed by atoms with Crippen molar-refractivity contribution >= 4 is 5.97 Å². The molecule has 3 nitrogen and oxygen atoms in total. The summed E-state index contributed by atoms with van der Waals surface area (Å²) in [6, 6.07) is 0. The average Bonchev–Trinajstić information content (AvgIpc) is 2.31. The number of carbonyl (C=O) groups is 1. The molecule has 19 heavy (non-hydrogen) atoms. The quantitative estimate of drug-likeness (QED) is 0.277. The van der Waals surface area contributed by atoms with Crippen LogP contribution in [0.2, 0.25) is 0 Å². The Morgan fingerprint density at radius 3 is 1.53 bits per heavy atom. The predicted molar refractivity (Wildman–Crippen MR) is 38.8 cm³/mol. The highest BCUT2D eigenvalue weighted by Gasteiger charge is 2.36. The zero-order valence-corrected chi connectivity index (χ0v) is 8.25. The maximum absolute atomic E-state index is 12.9. The van der Waals surface area contributed by atoms with Gasteiger partial charge < -0.3 is 0 Å². The molecule has 0 N–H and O–H groups in total. The number of rotatable bonds is 2. The van der Waals surface area contributed by atoms with Crippen molar-refractivity contribution in [1.29, 1.82) is 0 Å². The Kier molecular flexibility index (Phi) is 3.98. The molecule has 0 heterocycles. The summed E-state index contributed by atoms with van der Waals surface area (Å²) in [4.78, 5) is 16.1. The third-order valence-electron chi connectivity index (χ3n) is 1.63. The molecule has 0 atom stereocenters. The molecule has 0 aliphatic rings. The minimum atomic E-state index is -5.51. The lowest BCUT2D eigenvalue weighted by atomic mass is 10.1. The molecule has 0 saturated heterocycles. The second-order valence-corrected chi connectivity index (χ2v) is 2.84. The largest absolute Gasteiger partial charge is 0.558 e. The molecular weight excluding hydrogens is 296 g/mol. The van der Waals surface area contributed by atoms with E-state index in [1.54, 1.807) is 0 Å². The highest BCUT2D eigenvalue weighted by atomic mass is 19.4. The molecule has 1 aromatic carbocycles. The summed E-state index contributed by atoms with van der Waals surface area (Å²) < 4.78 is 98.0. The Labute approximate surface area is 97.8 Å². The van der Waals surface area contributed by atoms with Crippen LogP contribution in [0.5, 0.6) is 0 Å². The van der Waals surface area contributed by atoms with Gasteiger partial charge in [0.2, 0.25) is 5.82 Å². The van der Waals surface area contributed by atoms with E-state index in [4.69, 9.17) is 0 Å². The summed E-state index contributed by atoms with van der Waals surface area (Å²) in [5.74, 6) is -15.4. The van der Waals surface area contributed by atoms with Crippen LogP contribution in [0.25, 0.3) is 0 Å². The van der Waals surface area contributed by atoms with Crippen LogP contribution in [0.15, 0.2) is 0 Å². The van der Waals surface area contributed by atoms with Crippen LogP contribution in [0, 0.1) is 29.1 Å². The fourth-order valence-corrected chi connectivity index (χ4v) is 0.911. The lowest BCUT2D eigenvalue weighted by molar-refractivity contribution is -0.457. The van der Waals surface area contributed by atoms with Crippen LogP contribution < -0.4 is 0 Å². The summed E-state index contributed by atoms with van der Waals surface area (Å²) in [7, 11) is 0. The van der Waals surface area contributed by atoms with Gasteiger partial charge in [0.15, 0.2) is 23.3 Å². The number of benzene rings is 1. The summed E-state index contributed by atoms with van der Waals surface area (Å²) in [6.45, 7) is 0. The molecule has 0 unspecified atom stereocenters. The number of hydrogen-bond donors (Lipinski definition) is 0.